The number of tetrazole rings is 1. The maximum atomic E-state index is 9.92. The van der Waals surface area contributed by atoms with Crippen molar-refractivity contribution in [2.45, 2.75) is 38.0 Å². The van der Waals surface area contributed by atoms with Gasteiger partial charge in [0.25, 0.3) is 0 Å². The smallest absolute Gasteiger partial charge is 0.168 e. The first-order valence-corrected chi connectivity index (χ1v) is 10.3. The average molecular weight is 402 g/mol. The van der Waals surface area contributed by atoms with Crippen LogP contribution in [0.5, 0.6) is 5.75 Å². The van der Waals surface area contributed by atoms with Gasteiger partial charge in [-0.3, -0.25) is 9.80 Å². The molecule has 0 saturated carbocycles. The molecule has 0 unspecified atom stereocenters. The van der Waals surface area contributed by atoms with Gasteiger partial charge in [0.15, 0.2) is 5.82 Å². The number of nitrogens with zero attached hydrogens (tertiary/aromatic N) is 6. The van der Waals surface area contributed by atoms with Crippen molar-refractivity contribution >= 4 is 0 Å². The number of methoxy groups -OCH3 is 1. The number of morpholine rings is 1. The first kappa shape index (κ1) is 20.2. The number of hydrogen-bond donors (Lipinski definition) is 1. The first-order valence-electron chi connectivity index (χ1n) is 10.3. The Hall–Kier alpha value is -2.07. The van der Waals surface area contributed by atoms with Gasteiger partial charge in [0.2, 0.25) is 0 Å². The zero-order valence-electron chi connectivity index (χ0n) is 17.0. The van der Waals surface area contributed by atoms with Crippen molar-refractivity contribution in [1.29, 1.82) is 0 Å². The van der Waals surface area contributed by atoms with Gasteiger partial charge in [0.05, 0.1) is 39.5 Å². The molecule has 2 aromatic rings. The van der Waals surface area contributed by atoms with Crippen molar-refractivity contribution in [2.24, 2.45) is 0 Å². The molecule has 158 valence electrons. The van der Waals surface area contributed by atoms with Gasteiger partial charge in [0.1, 0.15) is 5.75 Å². The maximum Gasteiger partial charge on any atom is 0.168 e. The Balaban J connectivity index is 1.46. The van der Waals surface area contributed by atoms with E-state index in [0.717, 1.165) is 70.4 Å². The molecule has 1 N–H and O–H groups in total. The van der Waals surface area contributed by atoms with Gasteiger partial charge in [-0.15, -0.1) is 5.10 Å². The number of hydrogen-bond acceptors (Lipinski definition) is 8. The molecule has 0 bridgehead atoms. The summed E-state index contributed by atoms with van der Waals surface area (Å²) >= 11 is 0. The molecule has 1 aromatic heterocycles. The van der Waals surface area contributed by atoms with Crippen LogP contribution in [0.15, 0.2) is 24.3 Å². The second kappa shape index (κ2) is 9.62. The summed E-state index contributed by atoms with van der Waals surface area (Å²) in [6.45, 7) is 6.05. The van der Waals surface area contributed by atoms with E-state index in [1.807, 2.05) is 16.8 Å². The Bertz CT molecular complexity index is 762. The molecule has 9 heteroatoms. The summed E-state index contributed by atoms with van der Waals surface area (Å²) in [6.07, 6.45) is 1.88. The van der Waals surface area contributed by atoms with Gasteiger partial charge in [-0.05, 0) is 41.0 Å². The van der Waals surface area contributed by atoms with Crippen LogP contribution in [0.4, 0.5) is 0 Å². The fourth-order valence-corrected chi connectivity index (χ4v) is 4.26. The van der Waals surface area contributed by atoms with E-state index >= 15 is 0 Å². The van der Waals surface area contributed by atoms with Crippen molar-refractivity contribution in [3.05, 3.63) is 35.7 Å². The zero-order chi connectivity index (χ0) is 20.1. The largest absolute Gasteiger partial charge is 0.497 e. The molecule has 2 saturated heterocycles. The second-order valence-electron chi connectivity index (χ2n) is 7.66. The number of aliphatic hydroxyl groups excluding tert-OH is 1. The lowest BCUT2D eigenvalue weighted by Gasteiger charge is -2.29. The molecule has 1 aromatic carbocycles. The van der Waals surface area contributed by atoms with E-state index in [2.05, 4.69) is 37.5 Å². The van der Waals surface area contributed by atoms with Crippen LogP contribution < -0.4 is 4.74 Å². The molecule has 9 nitrogen and oxygen atoms in total. The fraction of sp³-hybridized carbons (Fsp3) is 0.650. The van der Waals surface area contributed by atoms with Crippen LogP contribution >= 0.6 is 0 Å². The van der Waals surface area contributed by atoms with Crippen LogP contribution in [0.1, 0.15) is 30.3 Å². The van der Waals surface area contributed by atoms with Crippen molar-refractivity contribution in [3.8, 4) is 5.75 Å². The van der Waals surface area contributed by atoms with Gasteiger partial charge >= 0.3 is 0 Å². The number of ether oxygens (including phenoxy) is 2. The van der Waals surface area contributed by atoms with Crippen molar-refractivity contribution in [2.75, 3.05) is 46.6 Å². The Labute approximate surface area is 171 Å². The predicted molar refractivity (Wildman–Crippen MR) is 106 cm³/mol. The Morgan fingerprint density at radius 1 is 1.14 bits per heavy atom. The van der Waals surface area contributed by atoms with Gasteiger partial charge in [-0.1, -0.05) is 12.1 Å². The highest BCUT2D eigenvalue weighted by molar-refractivity contribution is 5.27. The number of benzene rings is 1. The highest BCUT2D eigenvalue weighted by Gasteiger charge is 2.37. The van der Waals surface area contributed by atoms with E-state index in [4.69, 9.17) is 9.47 Å². The van der Waals surface area contributed by atoms with Crippen molar-refractivity contribution in [3.63, 3.8) is 0 Å². The normalized spacial score (nSPS) is 23.5. The van der Waals surface area contributed by atoms with E-state index in [-0.39, 0.29) is 18.7 Å². The Morgan fingerprint density at radius 3 is 2.66 bits per heavy atom. The van der Waals surface area contributed by atoms with Gasteiger partial charge < -0.3 is 14.6 Å². The molecular weight excluding hydrogens is 372 g/mol. The fourth-order valence-electron chi connectivity index (χ4n) is 4.26. The summed E-state index contributed by atoms with van der Waals surface area (Å²) in [5, 5.41) is 22.5. The molecule has 2 aliphatic rings. The summed E-state index contributed by atoms with van der Waals surface area (Å²) in [5.41, 5.74) is 1.18. The SMILES string of the molecule is COc1ccc(CN2[C@H](CO)CC[C@H]2c2nnnn2CCN2CCOCC2)cc1. The number of aromatic nitrogens is 4. The van der Waals surface area contributed by atoms with Gasteiger partial charge in [0, 0.05) is 32.2 Å². The third kappa shape index (κ3) is 4.75. The Morgan fingerprint density at radius 2 is 1.93 bits per heavy atom. The molecular formula is C20H30N6O3. The minimum absolute atomic E-state index is 0.106. The van der Waals surface area contributed by atoms with Crippen molar-refractivity contribution in [1.82, 2.24) is 30.0 Å². The Kier molecular flexibility index (Phi) is 6.70. The van der Waals surface area contributed by atoms with Crippen LogP contribution in [0.25, 0.3) is 0 Å². The standard InChI is InChI=1S/C20H30N6O3/c1-28-18-5-2-16(3-6-18)14-25-17(15-27)4-7-19(25)20-21-22-23-26(20)9-8-24-10-12-29-13-11-24/h2-3,5-6,17,19,27H,4,7-15H2,1H3/t17-,19-/m0/s1. The molecule has 2 fully saturated rings. The van der Waals surface area contributed by atoms with E-state index in [0.29, 0.717) is 0 Å². The quantitative estimate of drug-likeness (QED) is 0.691. The monoisotopic (exact) mass is 402 g/mol. The van der Waals surface area contributed by atoms with Crippen LogP contribution in [0.3, 0.4) is 0 Å². The van der Waals surface area contributed by atoms with Crippen LogP contribution in [0.2, 0.25) is 0 Å². The zero-order valence-corrected chi connectivity index (χ0v) is 17.0. The molecule has 0 radical (unpaired) electrons. The minimum Gasteiger partial charge on any atom is -0.497 e. The summed E-state index contributed by atoms with van der Waals surface area (Å²) in [4.78, 5) is 4.72. The van der Waals surface area contributed by atoms with Crippen LogP contribution in [-0.4, -0.2) is 87.7 Å². The summed E-state index contributed by atoms with van der Waals surface area (Å²) < 4.78 is 12.6. The third-order valence-electron chi connectivity index (χ3n) is 5.97. The minimum atomic E-state index is 0.106. The molecule has 2 aliphatic heterocycles. The number of rotatable bonds is 8. The van der Waals surface area contributed by atoms with Crippen LogP contribution in [0, 0.1) is 0 Å². The lowest BCUT2D eigenvalue weighted by atomic mass is 10.1. The molecule has 29 heavy (non-hydrogen) atoms. The van der Waals surface area contributed by atoms with Gasteiger partial charge in [-0.25, -0.2) is 4.68 Å². The highest BCUT2D eigenvalue weighted by atomic mass is 16.5. The van der Waals surface area contributed by atoms with Crippen molar-refractivity contribution < 1.29 is 14.6 Å². The van der Waals surface area contributed by atoms with E-state index in [1.165, 1.54) is 5.56 Å². The molecule has 2 atom stereocenters. The molecule has 4 rings (SSSR count). The first-order chi connectivity index (χ1) is 14.3. The number of aliphatic hydroxyl groups is 1. The van der Waals surface area contributed by atoms with E-state index in [9.17, 15) is 5.11 Å². The van der Waals surface area contributed by atoms with E-state index < -0.39 is 0 Å². The third-order valence-corrected chi connectivity index (χ3v) is 5.97. The summed E-state index contributed by atoms with van der Waals surface area (Å²) in [5.74, 6) is 1.74. The lowest BCUT2D eigenvalue weighted by Crippen LogP contribution is -2.39. The van der Waals surface area contributed by atoms with Gasteiger partial charge in [-0.2, -0.15) is 0 Å². The highest BCUT2D eigenvalue weighted by Crippen LogP contribution is 2.36. The molecule has 0 aliphatic carbocycles. The molecule has 0 amide bonds. The molecule has 0 spiro atoms. The van der Waals surface area contributed by atoms with Crippen LogP contribution in [-0.2, 0) is 17.8 Å². The summed E-state index contributed by atoms with van der Waals surface area (Å²) in [7, 11) is 1.67. The maximum absolute atomic E-state index is 9.92. The number of likely N-dealkylation sites (tertiary alicyclic amines) is 1. The molecule has 3 heterocycles. The average Bonchev–Trinajstić information content (AvgIpc) is 3.39. The summed E-state index contributed by atoms with van der Waals surface area (Å²) in [6, 6.07) is 8.32. The predicted octanol–water partition coefficient (Wildman–Crippen LogP) is 0.712. The second-order valence-corrected chi connectivity index (χ2v) is 7.66. The van der Waals surface area contributed by atoms with E-state index in [1.54, 1.807) is 7.11 Å². The lowest BCUT2D eigenvalue weighted by molar-refractivity contribution is 0.0355. The topological polar surface area (TPSA) is 88.8 Å².